The third-order valence-electron chi connectivity index (χ3n) is 3.59. The molecule has 5 heteroatoms. The summed E-state index contributed by atoms with van der Waals surface area (Å²) in [6, 6.07) is 10.7. The van der Waals surface area contributed by atoms with Gasteiger partial charge in [-0.15, -0.1) is 0 Å². The fourth-order valence-electron chi connectivity index (χ4n) is 2.42. The first-order valence-corrected chi connectivity index (χ1v) is 6.77. The van der Waals surface area contributed by atoms with Crippen molar-refractivity contribution in [2.75, 3.05) is 17.3 Å². The lowest BCUT2D eigenvalue weighted by Crippen LogP contribution is -2.31. The van der Waals surface area contributed by atoms with Gasteiger partial charge in [-0.1, -0.05) is 6.07 Å². The van der Waals surface area contributed by atoms with E-state index in [0.717, 1.165) is 11.3 Å². The molecular formula is C16H15N3O2. The number of anilines is 2. The molecule has 1 aromatic carbocycles. The van der Waals surface area contributed by atoms with Crippen LogP contribution in [0.4, 0.5) is 11.5 Å². The van der Waals surface area contributed by atoms with Gasteiger partial charge in [0.2, 0.25) is 5.91 Å². The molecule has 2 amide bonds. The van der Waals surface area contributed by atoms with Crippen LogP contribution in [0.2, 0.25) is 0 Å². The van der Waals surface area contributed by atoms with Gasteiger partial charge in [-0.3, -0.25) is 9.59 Å². The number of rotatable bonds is 2. The predicted octanol–water partition coefficient (Wildman–Crippen LogP) is 2.24. The lowest BCUT2D eigenvalue weighted by atomic mass is 9.99. The minimum Gasteiger partial charge on any atom is -0.315 e. The number of hydrogen-bond acceptors (Lipinski definition) is 3. The Morgan fingerprint density at radius 3 is 2.86 bits per heavy atom. The first-order valence-electron chi connectivity index (χ1n) is 6.77. The van der Waals surface area contributed by atoms with Gasteiger partial charge < -0.3 is 10.2 Å². The lowest BCUT2D eigenvalue weighted by molar-refractivity contribution is -0.118. The number of carbonyl (C=O) groups excluding carboxylic acids is 2. The molecular weight excluding hydrogens is 266 g/mol. The monoisotopic (exact) mass is 281 g/mol. The molecule has 1 aliphatic heterocycles. The highest BCUT2D eigenvalue weighted by molar-refractivity contribution is 6.05. The van der Waals surface area contributed by atoms with Gasteiger partial charge in [-0.25, -0.2) is 4.98 Å². The van der Waals surface area contributed by atoms with Crippen molar-refractivity contribution >= 4 is 23.3 Å². The Balaban J connectivity index is 1.84. The summed E-state index contributed by atoms with van der Waals surface area (Å²) in [6.45, 7) is 0. The minimum atomic E-state index is -0.198. The Kier molecular flexibility index (Phi) is 3.39. The summed E-state index contributed by atoms with van der Waals surface area (Å²) >= 11 is 0. The second-order valence-electron chi connectivity index (χ2n) is 4.97. The van der Waals surface area contributed by atoms with E-state index in [9.17, 15) is 9.59 Å². The van der Waals surface area contributed by atoms with Crippen molar-refractivity contribution < 1.29 is 9.59 Å². The molecule has 0 atom stereocenters. The molecule has 0 saturated carbocycles. The summed E-state index contributed by atoms with van der Waals surface area (Å²) in [4.78, 5) is 29.6. The number of amides is 2. The van der Waals surface area contributed by atoms with Crippen LogP contribution in [-0.2, 0) is 11.2 Å². The second-order valence-corrected chi connectivity index (χ2v) is 4.97. The van der Waals surface area contributed by atoms with Gasteiger partial charge in [-0.2, -0.15) is 0 Å². The predicted molar refractivity (Wildman–Crippen MR) is 80.4 cm³/mol. The van der Waals surface area contributed by atoms with E-state index in [1.165, 1.54) is 0 Å². The average Bonchev–Trinajstić information content (AvgIpc) is 2.51. The van der Waals surface area contributed by atoms with Gasteiger partial charge in [-0.05, 0) is 42.3 Å². The van der Waals surface area contributed by atoms with Crippen LogP contribution in [0.5, 0.6) is 0 Å². The number of pyridine rings is 1. The number of nitrogens with zero attached hydrogens (tertiary/aromatic N) is 2. The Morgan fingerprint density at radius 2 is 2.10 bits per heavy atom. The molecule has 21 heavy (non-hydrogen) atoms. The fraction of sp³-hybridized carbons (Fsp3) is 0.188. The first-order chi connectivity index (χ1) is 10.1. The zero-order valence-corrected chi connectivity index (χ0v) is 11.7. The van der Waals surface area contributed by atoms with Gasteiger partial charge in [0.15, 0.2) is 0 Å². The highest BCUT2D eigenvalue weighted by Crippen LogP contribution is 2.27. The van der Waals surface area contributed by atoms with Gasteiger partial charge in [0.1, 0.15) is 5.82 Å². The molecule has 2 aromatic rings. The maximum atomic E-state index is 12.2. The van der Waals surface area contributed by atoms with E-state index in [2.05, 4.69) is 10.3 Å². The Hall–Kier alpha value is -2.69. The summed E-state index contributed by atoms with van der Waals surface area (Å²) in [7, 11) is 1.76. The summed E-state index contributed by atoms with van der Waals surface area (Å²) in [5.74, 6) is 0.428. The van der Waals surface area contributed by atoms with Crippen molar-refractivity contribution in [3.63, 3.8) is 0 Å². The van der Waals surface area contributed by atoms with Crippen LogP contribution in [-0.4, -0.2) is 23.8 Å². The summed E-state index contributed by atoms with van der Waals surface area (Å²) in [5, 5.41) is 2.75. The van der Waals surface area contributed by atoms with Gasteiger partial charge in [0.05, 0.1) is 0 Å². The Labute approximate surface area is 122 Å². The SMILES string of the molecule is CN1C(=O)CCc2cc(C(=O)Nc3ccccn3)ccc21. The number of aryl methyl sites for hydroxylation is 1. The normalized spacial score (nSPS) is 13.8. The number of aromatic nitrogens is 1. The van der Waals surface area contributed by atoms with E-state index in [0.29, 0.717) is 24.2 Å². The maximum absolute atomic E-state index is 12.2. The number of carbonyl (C=O) groups is 2. The quantitative estimate of drug-likeness (QED) is 0.918. The van der Waals surface area contributed by atoms with Crippen LogP contribution in [0.15, 0.2) is 42.6 Å². The molecule has 0 saturated heterocycles. The molecule has 0 aliphatic carbocycles. The van der Waals surface area contributed by atoms with E-state index in [1.807, 2.05) is 18.2 Å². The van der Waals surface area contributed by atoms with Crippen LogP contribution < -0.4 is 10.2 Å². The molecule has 1 aliphatic rings. The minimum absolute atomic E-state index is 0.105. The van der Waals surface area contributed by atoms with Crippen LogP contribution in [0.3, 0.4) is 0 Å². The topological polar surface area (TPSA) is 62.3 Å². The Morgan fingerprint density at radius 1 is 1.24 bits per heavy atom. The van der Waals surface area contributed by atoms with Crippen molar-refractivity contribution in [3.8, 4) is 0 Å². The molecule has 5 nitrogen and oxygen atoms in total. The van der Waals surface area contributed by atoms with Crippen LogP contribution in [0.1, 0.15) is 22.3 Å². The summed E-state index contributed by atoms with van der Waals surface area (Å²) in [5.41, 5.74) is 2.47. The molecule has 0 radical (unpaired) electrons. The molecule has 1 aromatic heterocycles. The average molecular weight is 281 g/mol. The maximum Gasteiger partial charge on any atom is 0.256 e. The van der Waals surface area contributed by atoms with E-state index < -0.39 is 0 Å². The third kappa shape index (κ3) is 2.63. The highest BCUT2D eigenvalue weighted by Gasteiger charge is 2.21. The van der Waals surface area contributed by atoms with Crippen molar-refractivity contribution in [3.05, 3.63) is 53.7 Å². The summed E-state index contributed by atoms with van der Waals surface area (Å²) in [6.07, 6.45) is 2.78. The molecule has 0 spiro atoms. The fourth-order valence-corrected chi connectivity index (χ4v) is 2.42. The summed E-state index contributed by atoms with van der Waals surface area (Å²) < 4.78 is 0. The highest BCUT2D eigenvalue weighted by atomic mass is 16.2. The molecule has 3 rings (SSSR count). The van der Waals surface area contributed by atoms with Crippen LogP contribution in [0, 0.1) is 0 Å². The molecule has 1 N–H and O–H groups in total. The van der Waals surface area contributed by atoms with Crippen LogP contribution >= 0.6 is 0 Å². The third-order valence-corrected chi connectivity index (χ3v) is 3.59. The van der Waals surface area contributed by atoms with Crippen molar-refractivity contribution in [1.82, 2.24) is 4.98 Å². The van der Waals surface area contributed by atoms with E-state index in [4.69, 9.17) is 0 Å². The van der Waals surface area contributed by atoms with Gasteiger partial charge in [0.25, 0.3) is 5.91 Å². The number of fused-ring (bicyclic) bond motifs is 1. The van der Waals surface area contributed by atoms with Crippen molar-refractivity contribution in [2.24, 2.45) is 0 Å². The second kappa shape index (κ2) is 5.36. The van der Waals surface area contributed by atoms with E-state index in [-0.39, 0.29) is 11.8 Å². The van der Waals surface area contributed by atoms with Crippen molar-refractivity contribution in [1.29, 1.82) is 0 Å². The van der Waals surface area contributed by atoms with Crippen LogP contribution in [0.25, 0.3) is 0 Å². The number of benzene rings is 1. The molecule has 106 valence electrons. The zero-order valence-electron chi connectivity index (χ0n) is 11.7. The van der Waals surface area contributed by atoms with Crippen molar-refractivity contribution in [2.45, 2.75) is 12.8 Å². The first kappa shape index (κ1) is 13.3. The molecule has 2 heterocycles. The number of hydrogen-bond donors (Lipinski definition) is 1. The largest absolute Gasteiger partial charge is 0.315 e. The van der Waals surface area contributed by atoms with E-state index >= 15 is 0 Å². The van der Waals surface area contributed by atoms with Gasteiger partial charge >= 0.3 is 0 Å². The smallest absolute Gasteiger partial charge is 0.256 e. The standard InChI is InChI=1S/C16H15N3O2/c1-19-13-7-5-12(10-11(13)6-8-15(19)20)16(21)18-14-4-2-3-9-17-14/h2-5,7,9-10H,6,8H2,1H3,(H,17,18,21). The molecule has 0 unspecified atom stereocenters. The van der Waals surface area contributed by atoms with E-state index in [1.54, 1.807) is 36.3 Å². The number of nitrogens with one attached hydrogen (secondary N) is 1. The van der Waals surface area contributed by atoms with Gasteiger partial charge in [0, 0.05) is 30.9 Å². The molecule has 0 bridgehead atoms. The molecule has 0 fully saturated rings. The lowest BCUT2D eigenvalue weighted by Gasteiger charge is -2.26. The zero-order chi connectivity index (χ0) is 14.8. The Bertz CT molecular complexity index is 698.